The predicted molar refractivity (Wildman–Crippen MR) is 94.6 cm³/mol. The zero-order valence-electron chi connectivity index (χ0n) is 13.8. The highest BCUT2D eigenvalue weighted by Gasteiger charge is 2.13. The van der Waals surface area contributed by atoms with Crippen molar-refractivity contribution in [3.8, 4) is 11.5 Å². The number of aryl methyl sites for hydroxylation is 2. The largest absolute Gasteiger partial charge is 0.497 e. The summed E-state index contributed by atoms with van der Waals surface area (Å²) < 4.78 is 37.4. The van der Waals surface area contributed by atoms with Crippen LogP contribution in [0.15, 0.2) is 41.3 Å². The average Bonchev–Trinajstić information content (AvgIpc) is 2.56. The summed E-state index contributed by atoms with van der Waals surface area (Å²) in [5, 5.41) is 0.711. The number of nitrogens with one attached hydrogen (secondary N) is 1. The normalized spacial score (nSPS) is 11.3. The molecule has 0 fully saturated rings. The Morgan fingerprint density at radius 2 is 1.62 bits per heavy atom. The molecule has 0 bridgehead atoms. The van der Waals surface area contributed by atoms with Gasteiger partial charge in [-0.15, -0.1) is 0 Å². The highest BCUT2D eigenvalue weighted by Crippen LogP contribution is 2.25. The molecule has 0 amide bonds. The van der Waals surface area contributed by atoms with E-state index in [-0.39, 0.29) is 18.0 Å². The zero-order valence-corrected chi connectivity index (χ0v) is 15.4. The van der Waals surface area contributed by atoms with Crippen LogP contribution in [0, 0.1) is 13.8 Å². The van der Waals surface area contributed by atoms with Gasteiger partial charge in [-0.1, -0.05) is 11.6 Å². The van der Waals surface area contributed by atoms with Crippen molar-refractivity contribution in [1.82, 2.24) is 4.72 Å². The minimum Gasteiger partial charge on any atom is -0.497 e. The second-order valence-electron chi connectivity index (χ2n) is 5.29. The number of sulfonamides is 1. The first-order valence-corrected chi connectivity index (χ1v) is 9.23. The van der Waals surface area contributed by atoms with Gasteiger partial charge < -0.3 is 9.47 Å². The summed E-state index contributed by atoms with van der Waals surface area (Å²) in [7, 11) is -2.04. The maximum absolute atomic E-state index is 12.2. The summed E-state index contributed by atoms with van der Waals surface area (Å²) in [4.78, 5) is 0.182. The molecule has 0 atom stereocenters. The molecule has 5 nitrogen and oxygen atoms in total. The van der Waals surface area contributed by atoms with E-state index in [1.54, 1.807) is 12.1 Å². The van der Waals surface area contributed by atoms with E-state index in [2.05, 4.69) is 4.72 Å². The molecule has 0 saturated heterocycles. The molecule has 1 N–H and O–H groups in total. The number of ether oxygens (including phenoxy) is 2. The zero-order chi connectivity index (χ0) is 17.7. The summed E-state index contributed by atoms with van der Waals surface area (Å²) >= 11 is 6.10. The molecule has 2 rings (SSSR count). The van der Waals surface area contributed by atoms with Crippen LogP contribution in [-0.4, -0.2) is 28.7 Å². The first-order chi connectivity index (χ1) is 11.3. The Balaban J connectivity index is 1.91. The predicted octanol–water partition coefficient (Wildman–Crippen LogP) is 3.32. The van der Waals surface area contributed by atoms with Crippen molar-refractivity contribution in [2.75, 3.05) is 20.3 Å². The molecular weight excluding hydrogens is 350 g/mol. The Bertz CT molecular complexity index is 781. The van der Waals surface area contributed by atoms with E-state index in [1.807, 2.05) is 26.0 Å². The third-order valence-electron chi connectivity index (χ3n) is 3.44. The van der Waals surface area contributed by atoms with Gasteiger partial charge in [0.05, 0.1) is 12.0 Å². The smallest absolute Gasteiger partial charge is 0.240 e. The van der Waals surface area contributed by atoms with Crippen molar-refractivity contribution < 1.29 is 17.9 Å². The van der Waals surface area contributed by atoms with Crippen molar-refractivity contribution >= 4 is 21.6 Å². The summed E-state index contributed by atoms with van der Waals surface area (Å²) in [6.45, 7) is 4.17. The molecular formula is C17H20ClNO4S. The van der Waals surface area contributed by atoms with E-state index in [4.69, 9.17) is 21.1 Å². The maximum atomic E-state index is 12.2. The lowest BCUT2D eigenvalue weighted by atomic mass is 10.1. The van der Waals surface area contributed by atoms with Gasteiger partial charge in [-0.3, -0.25) is 0 Å². The van der Waals surface area contributed by atoms with Gasteiger partial charge in [0.2, 0.25) is 10.0 Å². The van der Waals surface area contributed by atoms with Crippen molar-refractivity contribution in [1.29, 1.82) is 0 Å². The van der Waals surface area contributed by atoms with Gasteiger partial charge in [-0.2, -0.15) is 0 Å². The van der Waals surface area contributed by atoms with Crippen molar-refractivity contribution in [2.45, 2.75) is 18.7 Å². The molecule has 7 heteroatoms. The topological polar surface area (TPSA) is 64.6 Å². The summed E-state index contributed by atoms with van der Waals surface area (Å²) in [6, 6.07) is 9.84. The maximum Gasteiger partial charge on any atom is 0.240 e. The van der Waals surface area contributed by atoms with E-state index < -0.39 is 10.0 Å². The molecule has 0 unspecified atom stereocenters. The van der Waals surface area contributed by atoms with Gasteiger partial charge in [-0.05, 0) is 61.4 Å². The van der Waals surface area contributed by atoms with Crippen LogP contribution < -0.4 is 14.2 Å². The first-order valence-electron chi connectivity index (χ1n) is 7.37. The Kier molecular flexibility index (Phi) is 6.10. The molecule has 0 aliphatic heterocycles. The van der Waals surface area contributed by atoms with Crippen LogP contribution in [0.25, 0.3) is 0 Å². The monoisotopic (exact) mass is 369 g/mol. The first kappa shape index (κ1) is 18.6. The number of rotatable bonds is 7. The molecule has 24 heavy (non-hydrogen) atoms. The number of hydrogen-bond acceptors (Lipinski definition) is 4. The minimum absolute atomic E-state index is 0.162. The Morgan fingerprint density at radius 1 is 1.04 bits per heavy atom. The van der Waals surface area contributed by atoms with Gasteiger partial charge in [-0.25, -0.2) is 13.1 Å². The van der Waals surface area contributed by atoms with Crippen molar-refractivity contribution in [3.05, 3.63) is 52.5 Å². The van der Waals surface area contributed by atoms with E-state index in [1.165, 1.54) is 19.2 Å². The lowest BCUT2D eigenvalue weighted by Gasteiger charge is -2.11. The second-order valence-corrected chi connectivity index (χ2v) is 7.44. The Labute approximate surface area is 147 Å². The van der Waals surface area contributed by atoms with Crippen molar-refractivity contribution in [3.63, 3.8) is 0 Å². The van der Waals surface area contributed by atoms with Crippen molar-refractivity contribution in [2.24, 2.45) is 0 Å². The number of hydrogen-bond donors (Lipinski definition) is 1. The van der Waals surface area contributed by atoms with Gasteiger partial charge in [0.1, 0.15) is 18.1 Å². The summed E-state index contributed by atoms with van der Waals surface area (Å²) in [5.74, 6) is 1.27. The quantitative estimate of drug-likeness (QED) is 0.760. The molecule has 0 aliphatic carbocycles. The van der Waals surface area contributed by atoms with Crippen LogP contribution in [0.3, 0.4) is 0 Å². The number of benzene rings is 2. The number of halogens is 1. The van der Waals surface area contributed by atoms with E-state index in [0.29, 0.717) is 16.5 Å². The standard InChI is InChI=1S/C17H20ClNO4S/c1-12-10-15(11-13(2)17(12)18)23-9-8-19-24(20,21)16-6-4-14(22-3)5-7-16/h4-7,10-11,19H,8-9H2,1-3H3. The Hall–Kier alpha value is -1.76. The summed E-state index contributed by atoms with van der Waals surface area (Å²) in [6.07, 6.45) is 0. The van der Waals surface area contributed by atoms with E-state index in [9.17, 15) is 8.42 Å². The third kappa shape index (κ3) is 4.63. The van der Waals surface area contributed by atoms with Crippen LogP contribution in [0.1, 0.15) is 11.1 Å². The lowest BCUT2D eigenvalue weighted by Crippen LogP contribution is -2.28. The minimum atomic E-state index is -3.57. The molecule has 0 aromatic heterocycles. The molecule has 0 radical (unpaired) electrons. The molecule has 130 valence electrons. The third-order valence-corrected chi connectivity index (χ3v) is 5.52. The molecule has 0 heterocycles. The van der Waals surface area contributed by atoms with Crippen LogP contribution in [0.4, 0.5) is 0 Å². The van der Waals surface area contributed by atoms with Gasteiger partial charge in [0.25, 0.3) is 0 Å². The fourth-order valence-corrected chi connectivity index (χ4v) is 3.29. The second kappa shape index (κ2) is 7.88. The van der Waals surface area contributed by atoms with Gasteiger partial charge in [0, 0.05) is 11.6 Å². The molecule has 0 saturated carbocycles. The SMILES string of the molecule is COc1ccc(S(=O)(=O)NCCOc2cc(C)c(Cl)c(C)c2)cc1. The Morgan fingerprint density at radius 3 is 2.17 bits per heavy atom. The number of methoxy groups -OCH3 is 1. The van der Waals surface area contributed by atoms with Crippen LogP contribution >= 0.6 is 11.6 Å². The fraction of sp³-hybridized carbons (Fsp3) is 0.294. The average molecular weight is 370 g/mol. The fourth-order valence-electron chi connectivity index (χ4n) is 2.17. The lowest BCUT2D eigenvalue weighted by molar-refractivity contribution is 0.322. The van der Waals surface area contributed by atoms with E-state index >= 15 is 0 Å². The highest BCUT2D eigenvalue weighted by atomic mass is 35.5. The summed E-state index contributed by atoms with van der Waals surface area (Å²) in [5.41, 5.74) is 1.84. The highest BCUT2D eigenvalue weighted by molar-refractivity contribution is 7.89. The van der Waals surface area contributed by atoms with Crippen LogP contribution in [0.5, 0.6) is 11.5 Å². The molecule has 0 spiro atoms. The molecule has 0 aliphatic rings. The van der Waals surface area contributed by atoms with Gasteiger partial charge >= 0.3 is 0 Å². The van der Waals surface area contributed by atoms with E-state index in [0.717, 1.165) is 11.1 Å². The van der Waals surface area contributed by atoms with Crippen LogP contribution in [-0.2, 0) is 10.0 Å². The van der Waals surface area contributed by atoms with Crippen LogP contribution in [0.2, 0.25) is 5.02 Å². The molecule has 2 aromatic rings. The molecule has 2 aromatic carbocycles. The van der Waals surface area contributed by atoms with Gasteiger partial charge in [0.15, 0.2) is 0 Å².